The molecule has 4 N–H and O–H groups in total. The molecule has 1 aromatic carbocycles. The van der Waals surface area contributed by atoms with Gasteiger partial charge in [-0.2, -0.15) is 0 Å². The SMILES string of the molecule is Cc1nc2ccccc2c2c1O[C@]1(CC2)C[C@H]2C(=O)N[C@]3(C(=O)NS(=O)(=O)C4(C)CC4)CC[C@H]3/C=C\CCCCC[C@@H](NC(=O)NC(C)(C)C)C(=O)N2C1. The number of ether oxygens (including phenoxy) is 1. The molecule has 4 heterocycles. The van der Waals surface area contributed by atoms with Crippen LogP contribution < -0.4 is 25.4 Å². The van der Waals surface area contributed by atoms with Crippen molar-refractivity contribution < 1.29 is 32.3 Å². The normalized spacial score (nSPS) is 30.2. The molecule has 0 radical (unpaired) electrons. The topological polar surface area (TPSA) is 176 Å². The molecule has 14 heteroatoms. The maximum absolute atomic E-state index is 14.8. The lowest BCUT2D eigenvalue weighted by Gasteiger charge is -2.48. The van der Waals surface area contributed by atoms with Crippen molar-refractivity contribution in [3.05, 3.63) is 47.7 Å². The first-order valence-corrected chi connectivity index (χ1v) is 21.0. The molecule has 1 aromatic heterocycles. The van der Waals surface area contributed by atoms with E-state index in [0.29, 0.717) is 62.8 Å². The van der Waals surface area contributed by atoms with Crippen LogP contribution in [0.25, 0.3) is 10.9 Å². The first-order chi connectivity index (χ1) is 25.4. The van der Waals surface area contributed by atoms with E-state index in [4.69, 9.17) is 9.72 Å². The summed E-state index contributed by atoms with van der Waals surface area (Å²) in [6.07, 6.45) is 10.4. The second kappa shape index (κ2) is 13.8. The van der Waals surface area contributed by atoms with Gasteiger partial charge in [-0.1, -0.05) is 43.2 Å². The zero-order valence-electron chi connectivity index (χ0n) is 32.0. The van der Waals surface area contributed by atoms with Gasteiger partial charge in [-0.05, 0) is 98.5 Å². The number of sulfonamides is 1. The Labute approximate surface area is 317 Å². The molecular weight excluding hydrogens is 709 g/mol. The fourth-order valence-electron chi connectivity index (χ4n) is 8.55. The predicted octanol–water partition coefficient (Wildman–Crippen LogP) is 4.46. The number of para-hydroxylation sites is 1. The van der Waals surface area contributed by atoms with Crippen LogP contribution in [-0.2, 0) is 30.8 Å². The fraction of sp³-hybridized carbons (Fsp3) is 0.625. The number of carbonyl (C=O) groups is 4. The summed E-state index contributed by atoms with van der Waals surface area (Å²) in [5, 5.41) is 9.82. The van der Waals surface area contributed by atoms with Crippen molar-refractivity contribution in [2.24, 2.45) is 5.92 Å². The van der Waals surface area contributed by atoms with Crippen LogP contribution in [0.2, 0.25) is 0 Å². The minimum atomic E-state index is -3.99. The van der Waals surface area contributed by atoms with Gasteiger partial charge in [-0.3, -0.25) is 19.1 Å². The van der Waals surface area contributed by atoms with Crippen LogP contribution >= 0.6 is 0 Å². The van der Waals surface area contributed by atoms with Gasteiger partial charge in [0.25, 0.3) is 5.91 Å². The van der Waals surface area contributed by atoms with Gasteiger partial charge in [0.1, 0.15) is 29.0 Å². The molecular formula is C40H54N6O7S. The number of carbonyl (C=O) groups excluding carboxylic acids is 4. The van der Waals surface area contributed by atoms with E-state index < -0.39 is 73.2 Å². The van der Waals surface area contributed by atoms with E-state index >= 15 is 0 Å². The smallest absolute Gasteiger partial charge is 0.315 e. The molecule has 1 spiro atoms. The van der Waals surface area contributed by atoms with Crippen LogP contribution in [0.1, 0.15) is 110 Å². The Morgan fingerprint density at radius 3 is 2.50 bits per heavy atom. The van der Waals surface area contributed by atoms with Gasteiger partial charge in [-0.15, -0.1) is 0 Å². The summed E-state index contributed by atoms with van der Waals surface area (Å²) in [5.74, 6) is -1.49. The highest BCUT2D eigenvalue weighted by molar-refractivity contribution is 7.91. The molecule has 2 aromatic rings. The number of urea groups is 1. The summed E-state index contributed by atoms with van der Waals surface area (Å²) in [6.45, 7) is 9.17. The van der Waals surface area contributed by atoms with Gasteiger partial charge in [-0.25, -0.2) is 18.2 Å². The van der Waals surface area contributed by atoms with Crippen LogP contribution in [0.5, 0.6) is 5.75 Å². The van der Waals surface area contributed by atoms with Crippen LogP contribution in [0.3, 0.4) is 0 Å². The molecule has 2 aliphatic carbocycles. The molecule has 3 aliphatic heterocycles. The summed E-state index contributed by atoms with van der Waals surface area (Å²) in [5.41, 5.74) is -0.381. The highest BCUT2D eigenvalue weighted by atomic mass is 32.2. The first kappa shape index (κ1) is 38.1. The van der Waals surface area contributed by atoms with Gasteiger partial charge < -0.3 is 25.6 Å². The number of allylic oxidation sites excluding steroid dienone is 1. The Hall–Kier alpha value is -4.20. The summed E-state index contributed by atoms with van der Waals surface area (Å²) in [7, 11) is -3.99. The minimum absolute atomic E-state index is 0.0873. The van der Waals surface area contributed by atoms with Crippen molar-refractivity contribution in [3.63, 3.8) is 0 Å². The summed E-state index contributed by atoms with van der Waals surface area (Å²) >= 11 is 0. The Morgan fingerprint density at radius 1 is 1.04 bits per heavy atom. The summed E-state index contributed by atoms with van der Waals surface area (Å²) in [6, 6.07) is 5.45. The molecule has 5 aliphatic rings. The lowest BCUT2D eigenvalue weighted by atomic mass is 9.65. The first-order valence-electron chi connectivity index (χ1n) is 19.5. The molecule has 292 valence electrons. The number of aryl methyl sites for hydroxylation is 2. The Morgan fingerprint density at radius 2 is 1.80 bits per heavy atom. The van der Waals surface area contributed by atoms with Crippen LogP contribution in [0.4, 0.5) is 4.79 Å². The molecule has 3 fully saturated rings. The number of fused-ring (bicyclic) bond motifs is 5. The van der Waals surface area contributed by atoms with Gasteiger partial charge in [0.15, 0.2) is 0 Å². The quantitative estimate of drug-likeness (QED) is 0.331. The van der Waals surface area contributed by atoms with E-state index in [0.717, 1.165) is 29.3 Å². The molecule has 0 unspecified atom stereocenters. The average molecular weight is 763 g/mol. The summed E-state index contributed by atoms with van der Waals surface area (Å²) in [4.78, 5) is 63.2. The molecule has 7 rings (SSSR count). The third-order valence-corrected chi connectivity index (χ3v) is 14.3. The van der Waals surface area contributed by atoms with Crippen molar-refractivity contribution in [1.82, 2.24) is 30.6 Å². The van der Waals surface area contributed by atoms with Gasteiger partial charge >= 0.3 is 6.03 Å². The van der Waals surface area contributed by atoms with Crippen molar-refractivity contribution in [1.29, 1.82) is 0 Å². The number of benzene rings is 1. The number of pyridine rings is 1. The van der Waals surface area contributed by atoms with E-state index in [2.05, 4.69) is 20.7 Å². The highest BCUT2D eigenvalue weighted by Gasteiger charge is 2.59. The molecule has 13 nitrogen and oxygen atoms in total. The lowest BCUT2D eigenvalue weighted by Crippen LogP contribution is -2.70. The zero-order valence-corrected chi connectivity index (χ0v) is 32.9. The van der Waals surface area contributed by atoms with Crippen LogP contribution in [0, 0.1) is 12.8 Å². The number of hydrogen-bond donors (Lipinski definition) is 4. The second-order valence-electron chi connectivity index (χ2n) is 17.5. The maximum atomic E-state index is 14.8. The average Bonchev–Trinajstić information content (AvgIpc) is 3.76. The number of nitrogens with zero attached hydrogens (tertiary/aromatic N) is 2. The minimum Gasteiger partial charge on any atom is -0.483 e. The summed E-state index contributed by atoms with van der Waals surface area (Å²) < 4.78 is 34.8. The van der Waals surface area contributed by atoms with Crippen LogP contribution in [0.15, 0.2) is 36.4 Å². The lowest BCUT2D eigenvalue weighted by molar-refractivity contribution is -0.144. The molecule has 1 saturated heterocycles. The van der Waals surface area contributed by atoms with E-state index in [9.17, 15) is 27.6 Å². The third-order valence-electron chi connectivity index (χ3n) is 12.1. The zero-order chi connectivity index (χ0) is 38.7. The number of amides is 5. The van der Waals surface area contributed by atoms with Crippen molar-refractivity contribution in [2.45, 2.75) is 145 Å². The van der Waals surface area contributed by atoms with Crippen LogP contribution in [-0.4, -0.2) is 82.1 Å². The van der Waals surface area contributed by atoms with Gasteiger partial charge in [0, 0.05) is 28.8 Å². The molecule has 5 amide bonds. The third kappa shape index (κ3) is 7.17. The van der Waals surface area contributed by atoms with E-state index in [1.165, 1.54) is 4.90 Å². The Balaban J connectivity index is 1.25. The largest absolute Gasteiger partial charge is 0.483 e. The Kier molecular flexibility index (Phi) is 9.75. The fourth-order valence-corrected chi connectivity index (χ4v) is 9.86. The molecule has 54 heavy (non-hydrogen) atoms. The Bertz CT molecular complexity index is 2010. The highest BCUT2D eigenvalue weighted by Crippen LogP contribution is 2.47. The number of rotatable bonds is 4. The van der Waals surface area contributed by atoms with Gasteiger partial charge in [0.05, 0.1) is 22.5 Å². The second-order valence-corrected chi connectivity index (χ2v) is 19.6. The van der Waals surface area contributed by atoms with Crippen molar-refractivity contribution in [3.8, 4) is 5.75 Å². The van der Waals surface area contributed by atoms with E-state index in [1.54, 1.807) is 6.92 Å². The molecule has 2 saturated carbocycles. The van der Waals surface area contributed by atoms with Crippen molar-refractivity contribution >= 4 is 44.7 Å². The molecule has 5 atom stereocenters. The van der Waals surface area contributed by atoms with Gasteiger partial charge in [0.2, 0.25) is 21.8 Å². The monoisotopic (exact) mass is 762 g/mol. The number of hydrogen-bond acceptors (Lipinski definition) is 8. The number of nitrogens with one attached hydrogen (secondary N) is 4. The van der Waals surface area contributed by atoms with E-state index in [1.807, 2.05) is 64.1 Å². The maximum Gasteiger partial charge on any atom is 0.315 e. The standard InChI is InChI=1S/C40H54N6O7S/c1-25-32-28(27-14-11-12-15-29(27)41-25)18-19-39(53-32)23-31-33(47)43-40(35(49)45-54(51,52)38(5)21-22-38)20-17-26(40)13-9-7-6-8-10-16-30(34(48)46(31)24-39)42-36(50)44-37(2,3)4/h9,11-15,26,30-31H,6-8,10,16-24H2,1-5H3,(H,43,47)(H,45,49)(H2,42,44,50)/b13-9-/t26-,30-,31+,39-,40-/m1/s1. The molecule has 0 bridgehead atoms. The van der Waals surface area contributed by atoms with E-state index in [-0.39, 0.29) is 19.4 Å². The number of aromatic nitrogens is 1. The predicted molar refractivity (Wildman–Crippen MR) is 204 cm³/mol. The van der Waals surface area contributed by atoms with Crippen molar-refractivity contribution in [2.75, 3.05) is 6.54 Å².